The lowest BCUT2D eigenvalue weighted by molar-refractivity contribution is 0.316. The molecule has 29 heavy (non-hydrogen) atoms. The number of likely N-dealkylation sites (tertiary alicyclic amines) is 1. The van der Waals surface area contributed by atoms with Gasteiger partial charge in [-0.05, 0) is 49.7 Å². The molecule has 7 heteroatoms. The first kappa shape index (κ1) is 20.3. The van der Waals surface area contributed by atoms with Gasteiger partial charge in [-0.2, -0.15) is 0 Å². The summed E-state index contributed by atoms with van der Waals surface area (Å²) >= 11 is 7.86. The molecule has 0 radical (unpaired) electrons. The third-order valence-corrected chi connectivity index (χ3v) is 6.39. The summed E-state index contributed by atoms with van der Waals surface area (Å²) in [5.74, 6) is 2.59. The predicted octanol–water partition coefficient (Wildman–Crippen LogP) is 4.88. The Bertz CT molecular complexity index is 941. The molecule has 1 aromatic heterocycles. The van der Waals surface area contributed by atoms with Crippen LogP contribution in [0.4, 0.5) is 0 Å². The molecule has 0 spiro atoms. The van der Waals surface area contributed by atoms with Gasteiger partial charge in [0.15, 0.2) is 5.16 Å². The Hall–Kier alpha value is -2.02. The summed E-state index contributed by atoms with van der Waals surface area (Å²) in [7, 11) is 1.68. The normalized spacial score (nSPS) is 14.4. The van der Waals surface area contributed by atoms with Crippen LogP contribution in [0.15, 0.2) is 53.7 Å². The fraction of sp³-hybridized carbons (Fsp3) is 0.364. The Kier molecular flexibility index (Phi) is 6.74. The Labute approximate surface area is 181 Å². The second-order valence-electron chi connectivity index (χ2n) is 7.20. The number of hydrogen-bond donors (Lipinski definition) is 0. The van der Waals surface area contributed by atoms with Crippen LogP contribution < -0.4 is 4.74 Å². The van der Waals surface area contributed by atoms with Gasteiger partial charge >= 0.3 is 0 Å². The van der Waals surface area contributed by atoms with Crippen LogP contribution in [0.25, 0.3) is 0 Å². The van der Waals surface area contributed by atoms with Gasteiger partial charge in [-0.25, -0.2) is 0 Å². The van der Waals surface area contributed by atoms with Crippen molar-refractivity contribution >= 4 is 23.4 Å². The maximum Gasteiger partial charge on any atom is 0.191 e. The highest BCUT2D eigenvalue weighted by molar-refractivity contribution is 7.98. The van der Waals surface area contributed by atoms with Crippen molar-refractivity contribution in [2.24, 2.45) is 0 Å². The van der Waals surface area contributed by atoms with Crippen LogP contribution in [0.2, 0.25) is 5.02 Å². The Morgan fingerprint density at radius 2 is 1.83 bits per heavy atom. The minimum absolute atomic E-state index is 0.710. The summed E-state index contributed by atoms with van der Waals surface area (Å²) in [6.45, 7) is 3.90. The standard InChI is InChI=1S/C22H25ClN4OS/c1-28-20-10-9-19(23)13-18(20)16-29-22-25-24-21(15-26-11-5-6-12-26)27(22)14-17-7-3-2-4-8-17/h2-4,7-10,13H,5-6,11-12,14-16H2,1H3. The van der Waals surface area contributed by atoms with Crippen LogP contribution >= 0.6 is 23.4 Å². The third-order valence-electron chi connectivity index (χ3n) is 5.14. The summed E-state index contributed by atoms with van der Waals surface area (Å²) in [6.07, 6.45) is 2.53. The van der Waals surface area contributed by atoms with Gasteiger partial charge < -0.3 is 9.30 Å². The average molecular weight is 429 g/mol. The zero-order valence-electron chi connectivity index (χ0n) is 16.6. The van der Waals surface area contributed by atoms with Crippen LogP contribution in [0.5, 0.6) is 5.75 Å². The van der Waals surface area contributed by atoms with E-state index in [1.807, 2.05) is 24.3 Å². The van der Waals surface area contributed by atoms with Crippen molar-refractivity contribution in [1.82, 2.24) is 19.7 Å². The number of aromatic nitrogens is 3. The first-order chi connectivity index (χ1) is 14.2. The monoisotopic (exact) mass is 428 g/mol. The number of benzene rings is 2. The molecule has 0 saturated carbocycles. The average Bonchev–Trinajstić information content (AvgIpc) is 3.38. The van der Waals surface area contributed by atoms with Gasteiger partial charge in [0.05, 0.1) is 20.2 Å². The number of rotatable bonds is 8. The second kappa shape index (κ2) is 9.65. The van der Waals surface area contributed by atoms with Crippen LogP contribution in [0.1, 0.15) is 29.8 Å². The van der Waals surface area contributed by atoms with Gasteiger partial charge in [0.1, 0.15) is 11.6 Å². The van der Waals surface area contributed by atoms with Gasteiger partial charge in [-0.15, -0.1) is 10.2 Å². The van der Waals surface area contributed by atoms with Gasteiger partial charge in [-0.3, -0.25) is 4.90 Å². The maximum absolute atomic E-state index is 6.19. The highest BCUT2D eigenvalue weighted by Gasteiger charge is 2.19. The number of methoxy groups -OCH3 is 1. The number of ether oxygens (including phenoxy) is 1. The van der Waals surface area contributed by atoms with E-state index in [1.165, 1.54) is 18.4 Å². The number of halogens is 1. The van der Waals surface area contributed by atoms with Gasteiger partial charge in [0.25, 0.3) is 0 Å². The molecular weight excluding hydrogens is 404 g/mol. The molecule has 0 atom stereocenters. The van der Waals surface area contributed by atoms with E-state index in [-0.39, 0.29) is 0 Å². The molecule has 0 N–H and O–H groups in total. The lowest BCUT2D eigenvalue weighted by Crippen LogP contribution is -2.21. The van der Waals surface area contributed by atoms with E-state index < -0.39 is 0 Å². The molecule has 1 fully saturated rings. The molecule has 0 bridgehead atoms. The SMILES string of the molecule is COc1ccc(Cl)cc1CSc1nnc(CN2CCCC2)n1Cc1ccccc1. The van der Waals surface area contributed by atoms with Crippen LogP contribution in [0, 0.1) is 0 Å². The predicted molar refractivity (Wildman–Crippen MR) is 118 cm³/mol. The summed E-state index contributed by atoms with van der Waals surface area (Å²) in [5, 5.41) is 10.7. The number of nitrogens with zero attached hydrogens (tertiary/aromatic N) is 4. The number of hydrogen-bond acceptors (Lipinski definition) is 5. The Morgan fingerprint density at radius 3 is 2.59 bits per heavy atom. The zero-order valence-corrected chi connectivity index (χ0v) is 18.1. The molecule has 1 aliphatic heterocycles. The summed E-state index contributed by atoms with van der Waals surface area (Å²) < 4.78 is 7.73. The quantitative estimate of drug-likeness (QED) is 0.478. The third kappa shape index (κ3) is 5.13. The molecule has 3 aromatic rings. The van der Waals surface area contributed by atoms with Gasteiger partial charge in [0, 0.05) is 16.3 Å². The van der Waals surface area contributed by atoms with Crippen molar-refractivity contribution in [1.29, 1.82) is 0 Å². The van der Waals surface area contributed by atoms with Crippen molar-refractivity contribution in [3.8, 4) is 5.75 Å². The smallest absolute Gasteiger partial charge is 0.191 e. The van der Waals surface area contributed by atoms with Crippen molar-refractivity contribution in [2.75, 3.05) is 20.2 Å². The minimum atomic E-state index is 0.710. The first-order valence-corrected chi connectivity index (χ1v) is 11.2. The van der Waals surface area contributed by atoms with Gasteiger partial charge in [-0.1, -0.05) is 53.7 Å². The molecule has 0 aliphatic carbocycles. The van der Waals surface area contributed by atoms with Crippen LogP contribution in [-0.2, 0) is 18.8 Å². The largest absolute Gasteiger partial charge is 0.496 e. The molecule has 0 unspecified atom stereocenters. The van der Waals surface area contributed by atoms with E-state index in [9.17, 15) is 0 Å². The maximum atomic E-state index is 6.19. The molecule has 5 nitrogen and oxygen atoms in total. The van der Waals surface area contributed by atoms with Crippen molar-refractivity contribution < 1.29 is 4.74 Å². The highest BCUT2D eigenvalue weighted by Crippen LogP contribution is 2.30. The molecule has 1 saturated heterocycles. The van der Waals surface area contributed by atoms with E-state index in [1.54, 1.807) is 18.9 Å². The Balaban J connectivity index is 1.57. The molecule has 2 heterocycles. The van der Waals surface area contributed by atoms with E-state index in [2.05, 4.69) is 43.9 Å². The number of thioether (sulfide) groups is 1. The highest BCUT2D eigenvalue weighted by atomic mass is 35.5. The fourth-order valence-corrected chi connectivity index (χ4v) is 4.74. The summed E-state index contributed by atoms with van der Waals surface area (Å²) in [5.41, 5.74) is 2.30. The molecule has 152 valence electrons. The fourth-order valence-electron chi connectivity index (χ4n) is 3.61. The van der Waals surface area contributed by atoms with Crippen LogP contribution in [0.3, 0.4) is 0 Å². The van der Waals surface area contributed by atoms with E-state index in [0.29, 0.717) is 5.02 Å². The Morgan fingerprint density at radius 1 is 1.03 bits per heavy atom. The van der Waals surface area contributed by atoms with Crippen molar-refractivity contribution in [3.63, 3.8) is 0 Å². The van der Waals surface area contributed by atoms with E-state index >= 15 is 0 Å². The lowest BCUT2D eigenvalue weighted by atomic mass is 10.2. The lowest BCUT2D eigenvalue weighted by Gasteiger charge is -2.16. The van der Waals surface area contributed by atoms with Crippen LogP contribution in [-0.4, -0.2) is 39.9 Å². The molecular formula is C22H25ClN4OS. The second-order valence-corrected chi connectivity index (χ2v) is 8.58. The summed E-state index contributed by atoms with van der Waals surface area (Å²) in [4.78, 5) is 2.46. The summed E-state index contributed by atoms with van der Waals surface area (Å²) in [6, 6.07) is 16.2. The molecule has 1 aliphatic rings. The van der Waals surface area contributed by atoms with Gasteiger partial charge in [0.2, 0.25) is 0 Å². The zero-order chi connectivity index (χ0) is 20.1. The molecule has 0 amide bonds. The first-order valence-electron chi connectivity index (χ1n) is 9.86. The molecule has 2 aromatic carbocycles. The van der Waals surface area contributed by atoms with Crippen molar-refractivity contribution in [3.05, 3.63) is 70.5 Å². The topological polar surface area (TPSA) is 43.2 Å². The minimum Gasteiger partial charge on any atom is -0.496 e. The van der Waals surface area contributed by atoms with Crippen molar-refractivity contribution in [2.45, 2.75) is 36.8 Å². The van der Waals surface area contributed by atoms with E-state index in [0.717, 1.165) is 54.2 Å². The molecule has 4 rings (SSSR count). The van der Waals surface area contributed by atoms with E-state index in [4.69, 9.17) is 16.3 Å².